The average Bonchev–Trinajstić information content (AvgIpc) is 2.19. The Hall–Kier alpha value is -1.55. The summed E-state index contributed by atoms with van der Waals surface area (Å²) in [6, 6.07) is 3.24. The second kappa shape index (κ2) is 4.99. The molecular weight excluding hydrogens is 226 g/mol. The Morgan fingerprint density at radius 3 is 2.62 bits per heavy atom. The Morgan fingerprint density at radius 2 is 2.06 bits per heavy atom. The minimum absolute atomic E-state index is 0.343. The topological polar surface area (TPSA) is 67.5 Å². The highest BCUT2D eigenvalue weighted by Gasteiger charge is 2.11. The van der Waals surface area contributed by atoms with E-state index in [0.717, 1.165) is 11.3 Å². The number of rotatable bonds is 2. The van der Waals surface area contributed by atoms with Gasteiger partial charge in [-0.05, 0) is 38.5 Å². The van der Waals surface area contributed by atoms with E-state index in [-0.39, 0.29) is 5.91 Å². The van der Waals surface area contributed by atoms with Crippen LogP contribution in [-0.2, 0) is 0 Å². The van der Waals surface area contributed by atoms with Crippen molar-refractivity contribution < 1.29 is 4.79 Å². The molecule has 0 saturated carbocycles. The third-order valence-electron chi connectivity index (χ3n) is 1.98. The van der Waals surface area contributed by atoms with Crippen molar-refractivity contribution in [2.24, 2.45) is 5.10 Å². The lowest BCUT2D eigenvalue weighted by Crippen LogP contribution is -2.20. The Morgan fingerprint density at radius 1 is 1.44 bits per heavy atom. The number of hydrazone groups is 1. The number of carbonyl (C=O) groups is 1. The first-order valence-corrected chi connectivity index (χ1v) is 5.16. The van der Waals surface area contributed by atoms with Gasteiger partial charge in [0, 0.05) is 16.4 Å². The van der Waals surface area contributed by atoms with Crippen LogP contribution in [0.1, 0.15) is 29.8 Å². The molecule has 0 aromatic heterocycles. The first-order chi connectivity index (χ1) is 7.41. The maximum atomic E-state index is 11.7. The summed E-state index contributed by atoms with van der Waals surface area (Å²) in [5, 5.41) is 4.30. The van der Waals surface area contributed by atoms with E-state index in [9.17, 15) is 4.79 Å². The van der Waals surface area contributed by atoms with Crippen LogP contribution in [0.3, 0.4) is 0 Å². The normalized spacial score (nSPS) is 9.75. The highest BCUT2D eigenvalue weighted by Crippen LogP contribution is 2.22. The highest BCUT2D eigenvalue weighted by atomic mass is 35.5. The fourth-order valence-electron chi connectivity index (χ4n) is 1.16. The highest BCUT2D eigenvalue weighted by molar-refractivity contribution is 6.31. The van der Waals surface area contributed by atoms with Crippen LogP contribution in [0, 0.1) is 6.92 Å². The smallest absolute Gasteiger partial charge is 0.273 e. The Balaban J connectivity index is 3.04. The van der Waals surface area contributed by atoms with Gasteiger partial charge < -0.3 is 5.73 Å². The first-order valence-electron chi connectivity index (χ1n) is 4.78. The Bertz CT molecular complexity index is 451. The van der Waals surface area contributed by atoms with Gasteiger partial charge in [0.05, 0.1) is 5.56 Å². The zero-order chi connectivity index (χ0) is 12.3. The monoisotopic (exact) mass is 239 g/mol. The average molecular weight is 240 g/mol. The molecular formula is C11H14ClN3O. The number of nitrogens with one attached hydrogen (secondary N) is 1. The number of amides is 1. The second-order valence-corrected chi connectivity index (χ2v) is 4.12. The van der Waals surface area contributed by atoms with E-state index < -0.39 is 0 Å². The lowest BCUT2D eigenvalue weighted by molar-refractivity contribution is 0.0955. The molecule has 0 unspecified atom stereocenters. The van der Waals surface area contributed by atoms with Crippen LogP contribution in [0.4, 0.5) is 5.69 Å². The maximum absolute atomic E-state index is 11.7. The molecule has 86 valence electrons. The third-order valence-corrected chi connectivity index (χ3v) is 2.20. The number of carbonyl (C=O) groups excluding carboxylic acids is 1. The van der Waals surface area contributed by atoms with Crippen molar-refractivity contribution in [2.75, 3.05) is 5.73 Å². The molecule has 1 rings (SSSR count). The van der Waals surface area contributed by atoms with E-state index in [0.29, 0.717) is 16.3 Å². The summed E-state index contributed by atoms with van der Waals surface area (Å²) in [5.74, 6) is -0.357. The fraction of sp³-hybridized carbons (Fsp3) is 0.273. The summed E-state index contributed by atoms with van der Waals surface area (Å²) in [6.07, 6.45) is 0. The van der Waals surface area contributed by atoms with Crippen molar-refractivity contribution in [3.8, 4) is 0 Å². The molecule has 0 bridgehead atoms. The van der Waals surface area contributed by atoms with Crippen LogP contribution in [0.5, 0.6) is 0 Å². The molecule has 3 N–H and O–H groups in total. The summed E-state index contributed by atoms with van der Waals surface area (Å²) in [5.41, 5.74) is 10.5. The number of anilines is 1. The van der Waals surface area contributed by atoms with Gasteiger partial charge in [-0.2, -0.15) is 5.10 Å². The van der Waals surface area contributed by atoms with Gasteiger partial charge in [-0.25, -0.2) is 5.43 Å². The number of nitrogens with zero attached hydrogens (tertiary/aromatic N) is 1. The van der Waals surface area contributed by atoms with Crippen molar-refractivity contribution in [2.45, 2.75) is 20.8 Å². The molecule has 1 aromatic carbocycles. The van der Waals surface area contributed by atoms with Crippen molar-refractivity contribution in [1.82, 2.24) is 5.43 Å². The molecule has 0 radical (unpaired) electrons. The molecule has 0 saturated heterocycles. The van der Waals surface area contributed by atoms with Gasteiger partial charge >= 0.3 is 0 Å². The van der Waals surface area contributed by atoms with Crippen LogP contribution in [-0.4, -0.2) is 11.6 Å². The molecule has 0 heterocycles. The molecule has 4 nitrogen and oxygen atoms in total. The molecule has 1 amide bonds. The predicted molar refractivity (Wildman–Crippen MR) is 66.9 cm³/mol. The number of nitrogen functional groups attached to an aromatic ring is 1. The first kappa shape index (κ1) is 12.5. The third kappa shape index (κ3) is 2.97. The minimum Gasteiger partial charge on any atom is -0.398 e. The van der Waals surface area contributed by atoms with Crippen LogP contribution in [0.15, 0.2) is 17.2 Å². The van der Waals surface area contributed by atoms with Crippen LogP contribution in [0.25, 0.3) is 0 Å². The lowest BCUT2D eigenvalue weighted by Gasteiger charge is -2.07. The van der Waals surface area contributed by atoms with Gasteiger partial charge in [-0.1, -0.05) is 11.6 Å². The molecule has 0 spiro atoms. The summed E-state index contributed by atoms with van der Waals surface area (Å²) >= 11 is 5.86. The molecule has 5 heteroatoms. The largest absolute Gasteiger partial charge is 0.398 e. The van der Waals surface area contributed by atoms with E-state index in [1.54, 1.807) is 26.8 Å². The number of hydrogen-bond acceptors (Lipinski definition) is 3. The Labute approximate surface area is 99.5 Å². The molecule has 0 aliphatic carbocycles. The van der Waals surface area contributed by atoms with Crippen LogP contribution >= 0.6 is 11.6 Å². The zero-order valence-corrected chi connectivity index (χ0v) is 10.2. The second-order valence-electron chi connectivity index (χ2n) is 3.68. The van der Waals surface area contributed by atoms with Gasteiger partial charge in [0.15, 0.2) is 0 Å². The van der Waals surface area contributed by atoms with Gasteiger partial charge in [-0.15, -0.1) is 0 Å². The molecule has 0 fully saturated rings. The summed E-state index contributed by atoms with van der Waals surface area (Å²) in [6.45, 7) is 5.37. The fourth-order valence-corrected chi connectivity index (χ4v) is 1.44. The molecule has 0 atom stereocenters. The number of halogens is 1. The van der Waals surface area contributed by atoms with Crippen LogP contribution < -0.4 is 11.2 Å². The number of nitrogens with two attached hydrogens (primary N) is 1. The van der Waals surface area contributed by atoms with Crippen molar-refractivity contribution >= 4 is 28.9 Å². The quantitative estimate of drug-likeness (QED) is 0.473. The lowest BCUT2D eigenvalue weighted by atomic mass is 10.1. The van der Waals surface area contributed by atoms with Gasteiger partial charge in [0.1, 0.15) is 0 Å². The van der Waals surface area contributed by atoms with Crippen molar-refractivity contribution in [3.63, 3.8) is 0 Å². The predicted octanol–water partition coefficient (Wildman–Crippen LogP) is 2.36. The Kier molecular flexibility index (Phi) is 3.90. The molecule has 1 aromatic rings. The molecule has 0 aliphatic heterocycles. The standard InChI is InChI=1S/C11H14ClN3O/c1-6(2)14-15-11(16)9-5-8(12)4-7(3)10(9)13/h4-5H,13H2,1-3H3,(H,15,16). The van der Waals surface area contributed by atoms with Gasteiger partial charge in [0.25, 0.3) is 5.91 Å². The molecule has 16 heavy (non-hydrogen) atoms. The maximum Gasteiger partial charge on any atom is 0.273 e. The van der Waals surface area contributed by atoms with Crippen LogP contribution in [0.2, 0.25) is 5.02 Å². The van der Waals surface area contributed by atoms with Crippen molar-refractivity contribution in [3.05, 3.63) is 28.3 Å². The SMILES string of the molecule is CC(C)=NNC(=O)c1cc(Cl)cc(C)c1N. The zero-order valence-electron chi connectivity index (χ0n) is 9.47. The summed E-state index contributed by atoms with van der Waals surface area (Å²) < 4.78 is 0. The summed E-state index contributed by atoms with van der Waals surface area (Å²) in [4.78, 5) is 11.7. The number of benzene rings is 1. The van der Waals surface area contributed by atoms with E-state index >= 15 is 0 Å². The van der Waals surface area contributed by atoms with Crippen molar-refractivity contribution in [1.29, 1.82) is 0 Å². The number of hydrogen-bond donors (Lipinski definition) is 2. The minimum atomic E-state index is -0.357. The van der Waals surface area contributed by atoms with E-state index in [1.165, 1.54) is 6.07 Å². The number of aryl methyl sites for hydroxylation is 1. The van der Waals surface area contributed by atoms with Gasteiger partial charge in [-0.3, -0.25) is 4.79 Å². The molecule has 0 aliphatic rings. The van der Waals surface area contributed by atoms with E-state index in [4.69, 9.17) is 17.3 Å². The summed E-state index contributed by atoms with van der Waals surface area (Å²) in [7, 11) is 0. The van der Waals surface area contributed by atoms with E-state index in [2.05, 4.69) is 10.5 Å². The van der Waals surface area contributed by atoms with E-state index in [1.807, 2.05) is 0 Å². The van der Waals surface area contributed by atoms with Gasteiger partial charge in [0.2, 0.25) is 0 Å².